The molecule has 2 rings (SSSR count). The molecular formula is C34H66O2S. The monoisotopic (exact) mass is 538 g/mol. The van der Waals surface area contributed by atoms with Gasteiger partial charge in [-0.15, -0.1) is 0 Å². The Hall–Kier alpha value is -0.0500. The SMILES string of the molecule is CCCCCCCCCCC(C)S(=O)(=O)C1CCCCCC(C2CCCCCCCCC2)CCCCC1. The molecule has 0 heterocycles. The molecule has 0 N–H and O–H groups in total. The van der Waals surface area contributed by atoms with Gasteiger partial charge in [0, 0.05) is 0 Å². The molecule has 0 saturated heterocycles. The van der Waals surface area contributed by atoms with E-state index in [2.05, 4.69) is 6.92 Å². The Morgan fingerprint density at radius 3 is 1.32 bits per heavy atom. The summed E-state index contributed by atoms with van der Waals surface area (Å²) in [7, 11) is -3.00. The number of hydrogen-bond donors (Lipinski definition) is 0. The van der Waals surface area contributed by atoms with Gasteiger partial charge in [0.1, 0.15) is 0 Å². The van der Waals surface area contributed by atoms with Crippen molar-refractivity contribution in [1.29, 1.82) is 0 Å². The van der Waals surface area contributed by atoms with Gasteiger partial charge in [-0.1, -0.05) is 167 Å². The Kier molecular flexibility index (Phi) is 18.6. The summed E-state index contributed by atoms with van der Waals surface area (Å²) in [6, 6.07) is 0. The molecule has 2 nitrogen and oxygen atoms in total. The van der Waals surface area contributed by atoms with E-state index in [1.165, 1.54) is 141 Å². The van der Waals surface area contributed by atoms with Crippen LogP contribution in [-0.4, -0.2) is 18.9 Å². The van der Waals surface area contributed by atoms with Crippen molar-refractivity contribution in [2.75, 3.05) is 0 Å². The van der Waals surface area contributed by atoms with Gasteiger partial charge in [0.05, 0.1) is 10.5 Å². The Balaban J connectivity index is 1.76. The Bertz CT molecular complexity index is 604. The minimum absolute atomic E-state index is 0.0786. The van der Waals surface area contributed by atoms with Crippen LogP contribution in [0.5, 0.6) is 0 Å². The minimum Gasteiger partial charge on any atom is -0.228 e. The second kappa shape index (κ2) is 20.8. The average molecular weight is 539 g/mol. The Morgan fingerprint density at radius 2 is 0.865 bits per heavy atom. The fraction of sp³-hybridized carbons (Fsp3) is 1.00. The van der Waals surface area contributed by atoms with Crippen LogP contribution >= 0.6 is 0 Å². The van der Waals surface area contributed by atoms with Gasteiger partial charge in [-0.2, -0.15) is 0 Å². The van der Waals surface area contributed by atoms with Crippen LogP contribution in [0.1, 0.15) is 194 Å². The van der Waals surface area contributed by atoms with E-state index in [1.807, 2.05) is 6.92 Å². The smallest absolute Gasteiger partial charge is 0.155 e. The summed E-state index contributed by atoms with van der Waals surface area (Å²) in [5, 5.41) is -0.229. The molecule has 0 spiro atoms. The van der Waals surface area contributed by atoms with Crippen molar-refractivity contribution in [1.82, 2.24) is 0 Å². The summed E-state index contributed by atoms with van der Waals surface area (Å²) in [6.45, 7) is 4.28. The first kappa shape index (κ1) is 33.2. The van der Waals surface area contributed by atoms with E-state index in [-0.39, 0.29) is 10.5 Å². The van der Waals surface area contributed by atoms with Crippen LogP contribution in [0.4, 0.5) is 0 Å². The van der Waals surface area contributed by atoms with Gasteiger partial charge in [0.2, 0.25) is 0 Å². The van der Waals surface area contributed by atoms with Crippen molar-refractivity contribution >= 4 is 9.84 Å². The summed E-state index contributed by atoms with van der Waals surface area (Å²) in [5.41, 5.74) is 0. The first-order chi connectivity index (χ1) is 18.1. The minimum atomic E-state index is -3.00. The molecule has 0 aromatic carbocycles. The van der Waals surface area contributed by atoms with Gasteiger partial charge < -0.3 is 0 Å². The van der Waals surface area contributed by atoms with Crippen molar-refractivity contribution in [3.8, 4) is 0 Å². The maximum Gasteiger partial charge on any atom is 0.155 e. The lowest BCUT2D eigenvalue weighted by Gasteiger charge is -2.29. The highest BCUT2D eigenvalue weighted by Gasteiger charge is 2.30. The van der Waals surface area contributed by atoms with Crippen LogP contribution in [0.15, 0.2) is 0 Å². The molecule has 1 atom stereocenters. The maximum absolute atomic E-state index is 13.5. The number of sulfone groups is 1. The first-order valence-corrected chi connectivity index (χ1v) is 18.9. The molecule has 0 radical (unpaired) electrons. The van der Waals surface area contributed by atoms with E-state index in [0.29, 0.717) is 0 Å². The Labute approximate surface area is 233 Å². The highest BCUT2D eigenvalue weighted by atomic mass is 32.2. The van der Waals surface area contributed by atoms with E-state index < -0.39 is 9.84 Å². The summed E-state index contributed by atoms with van der Waals surface area (Å²) in [6.07, 6.45) is 36.3. The second-order valence-corrected chi connectivity index (χ2v) is 15.8. The zero-order chi connectivity index (χ0) is 26.6. The van der Waals surface area contributed by atoms with Crippen LogP contribution < -0.4 is 0 Å². The highest BCUT2D eigenvalue weighted by Crippen LogP contribution is 2.35. The van der Waals surface area contributed by atoms with Crippen molar-refractivity contribution in [3.05, 3.63) is 0 Å². The summed E-state index contributed by atoms with van der Waals surface area (Å²) in [5.74, 6) is 1.90. The van der Waals surface area contributed by atoms with Crippen LogP contribution in [0.25, 0.3) is 0 Å². The van der Waals surface area contributed by atoms with Gasteiger partial charge in [0.15, 0.2) is 9.84 Å². The first-order valence-electron chi connectivity index (χ1n) is 17.3. The van der Waals surface area contributed by atoms with Crippen LogP contribution in [0.2, 0.25) is 0 Å². The molecule has 2 saturated carbocycles. The zero-order valence-electron chi connectivity index (χ0n) is 25.3. The fourth-order valence-corrected chi connectivity index (χ4v) is 9.51. The molecule has 0 aromatic rings. The lowest BCUT2D eigenvalue weighted by atomic mass is 9.77. The molecule has 2 fully saturated rings. The van der Waals surface area contributed by atoms with Gasteiger partial charge in [0.25, 0.3) is 0 Å². The summed E-state index contributed by atoms with van der Waals surface area (Å²) >= 11 is 0. The number of rotatable bonds is 12. The topological polar surface area (TPSA) is 34.1 Å². The van der Waals surface area contributed by atoms with Crippen LogP contribution in [-0.2, 0) is 9.84 Å². The predicted molar refractivity (Wildman–Crippen MR) is 164 cm³/mol. The van der Waals surface area contributed by atoms with Gasteiger partial charge in [-0.25, -0.2) is 8.42 Å². The molecule has 0 amide bonds. The van der Waals surface area contributed by atoms with Crippen LogP contribution in [0, 0.1) is 11.8 Å². The second-order valence-electron chi connectivity index (χ2n) is 13.1. The molecule has 3 heteroatoms. The molecule has 2 aliphatic rings. The molecule has 220 valence electrons. The average Bonchev–Trinajstić information content (AvgIpc) is 2.89. The van der Waals surface area contributed by atoms with E-state index in [1.54, 1.807) is 0 Å². The fourth-order valence-electron chi connectivity index (χ4n) is 7.37. The lowest BCUT2D eigenvalue weighted by Crippen LogP contribution is -2.30. The third-order valence-electron chi connectivity index (χ3n) is 10.0. The van der Waals surface area contributed by atoms with E-state index in [4.69, 9.17) is 0 Å². The summed E-state index contributed by atoms with van der Waals surface area (Å²) in [4.78, 5) is 0. The van der Waals surface area contributed by atoms with Crippen molar-refractivity contribution in [2.45, 2.75) is 204 Å². The molecule has 0 aliphatic heterocycles. The van der Waals surface area contributed by atoms with Crippen molar-refractivity contribution in [3.63, 3.8) is 0 Å². The van der Waals surface area contributed by atoms with Gasteiger partial charge in [-0.05, 0) is 38.0 Å². The maximum atomic E-state index is 13.5. The zero-order valence-corrected chi connectivity index (χ0v) is 26.1. The molecular weight excluding hydrogens is 472 g/mol. The van der Waals surface area contributed by atoms with E-state index in [0.717, 1.165) is 50.4 Å². The predicted octanol–water partition coefficient (Wildman–Crippen LogP) is 11.4. The quantitative estimate of drug-likeness (QED) is 0.231. The third-order valence-corrected chi connectivity index (χ3v) is 12.8. The highest BCUT2D eigenvalue weighted by molar-refractivity contribution is 7.92. The van der Waals surface area contributed by atoms with Crippen molar-refractivity contribution in [2.24, 2.45) is 11.8 Å². The molecule has 0 bridgehead atoms. The summed E-state index contributed by atoms with van der Waals surface area (Å²) < 4.78 is 27.0. The Morgan fingerprint density at radius 1 is 0.514 bits per heavy atom. The number of unbranched alkanes of at least 4 members (excludes halogenated alkanes) is 7. The molecule has 0 aromatic heterocycles. The van der Waals surface area contributed by atoms with Crippen LogP contribution in [0.3, 0.4) is 0 Å². The van der Waals surface area contributed by atoms with Gasteiger partial charge in [-0.3, -0.25) is 0 Å². The largest absolute Gasteiger partial charge is 0.228 e. The lowest BCUT2D eigenvalue weighted by molar-refractivity contribution is 0.232. The normalized spacial score (nSPS) is 25.6. The molecule has 1 unspecified atom stereocenters. The van der Waals surface area contributed by atoms with E-state index >= 15 is 0 Å². The van der Waals surface area contributed by atoms with E-state index in [9.17, 15) is 8.42 Å². The third kappa shape index (κ3) is 14.2. The standard InChI is InChI=1S/C34H66O2S/c1-3-4-5-6-7-9-12-17-24-31(2)37(35,36)34-29-22-15-20-27-33(28-21-16-23-30-34)32-25-18-13-10-8-11-14-19-26-32/h31-34H,3-30H2,1-2H3. The number of hydrogen-bond acceptors (Lipinski definition) is 2. The molecule has 2 aliphatic carbocycles. The van der Waals surface area contributed by atoms with Crippen molar-refractivity contribution < 1.29 is 8.42 Å². The van der Waals surface area contributed by atoms with Gasteiger partial charge >= 0.3 is 0 Å². The molecule has 37 heavy (non-hydrogen) atoms.